The smallest absolute Gasteiger partial charge is 0.338 e. The second kappa shape index (κ2) is 8.82. The molecule has 0 radical (unpaired) electrons. The zero-order valence-electron chi connectivity index (χ0n) is 16.6. The van der Waals surface area contributed by atoms with Crippen LogP contribution in [0.5, 0.6) is 0 Å². The van der Waals surface area contributed by atoms with Gasteiger partial charge in [0, 0.05) is 25.0 Å². The first-order valence-electron chi connectivity index (χ1n) is 9.65. The van der Waals surface area contributed by atoms with E-state index in [0.29, 0.717) is 35.1 Å². The Hall–Kier alpha value is -2.96. The summed E-state index contributed by atoms with van der Waals surface area (Å²) < 4.78 is 4.95. The number of anilines is 2. The number of rotatable bonds is 5. The number of esters is 1. The highest BCUT2D eigenvalue weighted by atomic mass is 16.5. The van der Waals surface area contributed by atoms with Crippen LogP contribution in [0.1, 0.15) is 53.1 Å². The van der Waals surface area contributed by atoms with Gasteiger partial charge in [0.2, 0.25) is 5.95 Å². The molecule has 28 heavy (non-hydrogen) atoms. The average molecular weight is 382 g/mol. The third kappa shape index (κ3) is 4.65. The number of aromatic nitrogens is 2. The quantitative estimate of drug-likeness (QED) is 0.798. The zero-order chi connectivity index (χ0) is 20.1. The van der Waals surface area contributed by atoms with E-state index < -0.39 is 0 Å². The molecule has 1 fully saturated rings. The fourth-order valence-corrected chi connectivity index (χ4v) is 3.14. The van der Waals surface area contributed by atoms with Gasteiger partial charge in [-0.15, -0.1) is 0 Å². The standard InChI is InChI=1S/C21H26N4O3/c1-4-28-20(27)16-5-7-17(8-6-16)24-19(26)18-13-22-21(23-15(18)3)25-11-9-14(2)10-12-25/h5-8,13-14H,4,9-12H2,1-3H3,(H,24,26). The van der Waals surface area contributed by atoms with Crippen LogP contribution in [0.4, 0.5) is 11.6 Å². The maximum atomic E-state index is 12.6. The van der Waals surface area contributed by atoms with E-state index in [0.717, 1.165) is 31.8 Å². The van der Waals surface area contributed by atoms with Gasteiger partial charge in [-0.3, -0.25) is 4.79 Å². The number of aryl methyl sites for hydroxylation is 1. The summed E-state index contributed by atoms with van der Waals surface area (Å²) >= 11 is 0. The molecule has 1 N–H and O–H groups in total. The first-order chi connectivity index (χ1) is 13.5. The predicted octanol–water partition coefficient (Wildman–Crippen LogP) is 3.45. The number of carbonyl (C=O) groups is 2. The molecule has 1 aromatic carbocycles. The SMILES string of the molecule is CCOC(=O)c1ccc(NC(=O)c2cnc(N3CCC(C)CC3)nc2C)cc1. The molecule has 0 bridgehead atoms. The van der Waals surface area contributed by atoms with Crippen molar-refractivity contribution in [1.29, 1.82) is 0 Å². The number of hydrogen-bond donors (Lipinski definition) is 1. The van der Waals surface area contributed by atoms with Crippen molar-refractivity contribution in [2.75, 3.05) is 29.9 Å². The van der Waals surface area contributed by atoms with E-state index in [1.54, 1.807) is 37.4 Å². The van der Waals surface area contributed by atoms with Crippen LogP contribution in [-0.2, 0) is 4.74 Å². The first kappa shape index (κ1) is 19.8. The highest BCUT2D eigenvalue weighted by Crippen LogP contribution is 2.21. The Balaban J connectivity index is 1.66. The van der Waals surface area contributed by atoms with Gasteiger partial charge < -0.3 is 15.0 Å². The molecule has 1 aromatic heterocycles. The number of carbonyl (C=O) groups excluding carboxylic acids is 2. The van der Waals surface area contributed by atoms with Crippen LogP contribution < -0.4 is 10.2 Å². The lowest BCUT2D eigenvalue weighted by Gasteiger charge is -2.30. The summed E-state index contributed by atoms with van der Waals surface area (Å²) in [6, 6.07) is 6.59. The third-order valence-electron chi connectivity index (χ3n) is 4.93. The number of nitrogens with one attached hydrogen (secondary N) is 1. The molecule has 7 heteroatoms. The van der Waals surface area contributed by atoms with Crippen molar-refractivity contribution in [2.24, 2.45) is 5.92 Å². The maximum Gasteiger partial charge on any atom is 0.338 e. The van der Waals surface area contributed by atoms with Crippen LogP contribution in [0, 0.1) is 12.8 Å². The van der Waals surface area contributed by atoms with E-state index in [4.69, 9.17) is 4.74 Å². The van der Waals surface area contributed by atoms with Crippen molar-refractivity contribution in [3.63, 3.8) is 0 Å². The van der Waals surface area contributed by atoms with E-state index in [-0.39, 0.29) is 11.9 Å². The molecule has 1 amide bonds. The van der Waals surface area contributed by atoms with Crippen LogP contribution in [0.3, 0.4) is 0 Å². The van der Waals surface area contributed by atoms with Gasteiger partial charge in [-0.1, -0.05) is 6.92 Å². The molecule has 148 valence electrons. The second-order valence-corrected chi connectivity index (χ2v) is 7.09. The second-order valence-electron chi connectivity index (χ2n) is 7.09. The molecule has 3 rings (SSSR count). The number of piperidine rings is 1. The molecule has 0 unspecified atom stereocenters. The fraction of sp³-hybridized carbons (Fsp3) is 0.429. The average Bonchev–Trinajstić information content (AvgIpc) is 2.69. The van der Waals surface area contributed by atoms with Gasteiger partial charge in [0.05, 0.1) is 23.4 Å². The third-order valence-corrected chi connectivity index (χ3v) is 4.93. The molecule has 2 heterocycles. The van der Waals surface area contributed by atoms with Crippen molar-refractivity contribution in [2.45, 2.75) is 33.6 Å². The number of benzene rings is 1. The molecule has 0 saturated carbocycles. The Morgan fingerprint density at radius 3 is 2.50 bits per heavy atom. The first-order valence-corrected chi connectivity index (χ1v) is 9.65. The minimum Gasteiger partial charge on any atom is -0.462 e. The fourth-order valence-electron chi connectivity index (χ4n) is 3.14. The minimum atomic E-state index is -0.382. The summed E-state index contributed by atoms with van der Waals surface area (Å²) in [6.45, 7) is 8.04. The Labute approximate surface area is 165 Å². The molecule has 0 atom stereocenters. The van der Waals surface area contributed by atoms with Crippen LogP contribution in [0.2, 0.25) is 0 Å². The number of amides is 1. The monoisotopic (exact) mass is 382 g/mol. The van der Waals surface area contributed by atoms with E-state index in [2.05, 4.69) is 27.1 Å². The van der Waals surface area contributed by atoms with Gasteiger partial charge in [-0.2, -0.15) is 0 Å². The number of hydrogen-bond acceptors (Lipinski definition) is 6. The molecule has 2 aromatic rings. The Kier molecular flexibility index (Phi) is 6.23. The Morgan fingerprint density at radius 1 is 1.21 bits per heavy atom. The molecule has 1 saturated heterocycles. The summed E-state index contributed by atoms with van der Waals surface area (Å²) in [4.78, 5) is 35.4. The van der Waals surface area contributed by atoms with Crippen LogP contribution in [-0.4, -0.2) is 41.5 Å². The summed E-state index contributed by atoms with van der Waals surface area (Å²) in [5, 5.41) is 2.82. The van der Waals surface area contributed by atoms with Gasteiger partial charge in [-0.05, 0) is 56.9 Å². The van der Waals surface area contributed by atoms with Crippen LogP contribution >= 0.6 is 0 Å². The maximum absolute atomic E-state index is 12.6. The Morgan fingerprint density at radius 2 is 1.89 bits per heavy atom. The molecular weight excluding hydrogens is 356 g/mol. The highest BCUT2D eigenvalue weighted by Gasteiger charge is 2.20. The zero-order valence-corrected chi connectivity index (χ0v) is 16.6. The Bertz CT molecular complexity index is 843. The minimum absolute atomic E-state index is 0.278. The van der Waals surface area contributed by atoms with E-state index in [1.165, 1.54) is 0 Å². The molecular formula is C21H26N4O3. The number of ether oxygens (including phenoxy) is 1. The van der Waals surface area contributed by atoms with Crippen LogP contribution in [0.25, 0.3) is 0 Å². The molecule has 0 spiro atoms. The molecule has 1 aliphatic rings. The summed E-state index contributed by atoms with van der Waals surface area (Å²) in [7, 11) is 0. The van der Waals surface area contributed by atoms with Crippen LogP contribution in [0.15, 0.2) is 30.5 Å². The topological polar surface area (TPSA) is 84.4 Å². The van der Waals surface area contributed by atoms with Gasteiger partial charge in [-0.25, -0.2) is 14.8 Å². The van der Waals surface area contributed by atoms with E-state index in [1.807, 2.05) is 6.92 Å². The van der Waals surface area contributed by atoms with Gasteiger partial charge in [0.25, 0.3) is 5.91 Å². The largest absolute Gasteiger partial charge is 0.462 e. The molecule has 7 nitrogen and oxygen atoms in total. The predicted molar refractivity (Wildman–Crippen MR) is 108 cm³/mol. The molecule has 1 aliphatic heterocycles. The normalized spacial score (nSPS) is 14.6. The lowest BCUT2D eigenvalue weighted by molar-refractivity contribution is 0.0526. The summed E-state index contributed by atoms with van der Waals surface area (Å²) in [5.41, 5.74) is 2.11. The van der Waals surface area contributed by atoms with Gasteiger partial charge >= 0.3 is 5.97 Å². The van der Waals surface area contributed by atoms with Gasteiger partial charge in [0.1, 0.15) is 0 Å². The number of nitrogens with zero attached hydrogens (tertiary/aromatic N) is 3. The van der Waals surface area contributed by atoms with Crippen molar-refractivity contribution in [1.82, 2.24) is 9.97 Å². The summed E-state index contributed by atoms with van der Waals surface area (Å²) in [5.74, 6) is 0.755. The lowest BCUT2D eigenvalue weighted by Crippen LogP contribution is -2.34. The molecule has 0 aliphatic carbocycles. The van der Waals surface area contributed by atoms with Crippen molar-refractivity contribution in [3.8, 4) is 0 Å². The highest BCUT2D eigenvalue weighted by molar-refractivity contribution is 6.05. The van der Waals surface area contributed by atoms with Crippen molar-refractivity contribution < 1.29 is 14.3 Å². The van der Waals surface area contributed by atoms with Crippen molar-refractivity contribution >= 4 is 23.5 Å². The van der Waals surface area contributed by atoms with E-state index >= 15 is 0 Å². The van der Waals surface area contributed by atoms with Crippen molar-refractivity contribution in [3.05, 3.63) is 47.3 Å². The van der Waals surface area contributed by atoms with Gasteiger partial charge in [0.15, 0.2) is 0 Å². The lowest BCUT2D eigenvalue weighted by atomic mass is 10.00. The summed E-state index contributed by atoms with van der Waals surface area (Å²) in [6.07, 6.45) is 3.84. The van der Waals surface area contributed by atoms with E-state index in [9.17, 15) is 9.59 Å².